The Morgan fingerprint density at radius 2 is 1.27 bits per heavy atom. The van der Waals surface area contributed by atoms with Crippen molar-refractivity contribution in [1.29, 1.82) is 0 Å². The maximum atomic E-state index is 5.52. The maximum absolute atomic E-state index is 5.52. The van der Waals surface area contributed by atoms with Gasteiger partial charge in [0.1, 0.15) is 0 Å². The zero-order valence-electron chi connectivity index (χ0n) is 14.2. The largest absolute Gasteiger partial charge is 0.310 e. The predicted octanol–water partition coefficient (Wildman–Crippen LogP) is 6.87. The third-order valence-corrected chi connectivity index (χ3v) is 5.23. The van der Waals surface area contributed by atoms with Crippen LogP contribution in [0.2, 0.25) is 0 Å². The minimum atomic E-state index is 0.952. The van der Waals surface area contributed by atoms with Crippen LogP contribution in [-0.4, -0.2) is 0 Å². The summed E-state index contributed by atoms with van der Waals surface area (Å²) in [7, 11) is 0. The molecule has 26 heavy (non-hydrogen) atoms. The third-order valence-electron chi connectivity index (χ3n) is 4.17. The minimum absolute atomic E-state index is 0.952. The van der Waals surface area contributed by atoms with E-state index in [1.807, 2.05) is 18.2 Å². The first kappa shape index (κ1) is 16.2. The monoisotopic (exact) mass is 351 g/mol. The molecule has 2 heteroatoms. The summed E-state index contributed by atoms with van der Waals surface area (Å²) in [5, 5.41) is 0. The normalized spacial score (nSPS) is 10.3. The Morgan fingerprint density at radius 3 is 1.85 bits per heavy atom. The lowest BCUT2D eigenvalue weighted by atomic mass is 10.1. The number of rotatable bonds is 4. The van der Waals surface area contributed by atoms with Gasteiger partial charge in [-0.05, 0) is 54.1 Å². The fourth-order valence-electron chi connectivity index (χ4n) is 2.97. The van der Waals surface area contributed by atoms with E-state index < -0.39 is 0 Å². The van der Waals surface area contributed by atoms with Crippen molar-refractivity contribution >= 4 is 28.4 Å². The number of benzene rings is 3. The van der Waals surface area contributed by atoms with Crippen LogP contribution in [0.1, 0.15) is 4.88 Å². The molecule has 0 atom stereocenters. The molecule has 0 saturated carbocycles. The molecular weight excluding hydrogens is 334 g/mol. The zero-order valence-corrected chi connectivity index (χ0v) is 15.0. The second kappa shape index (κ2) is 7.31. The smallest absolute Gasteiger partial charge is 0.0772 e. The number of terminal acetylenes is 1. The Hall–Kier alpha value is -3.28. The molecule has 0 aliphatic carbocycles. The summed E-state index contributed by atoms with van der Waals surface area (Å²) in [5.41, 5.74) is 4.55. The highest BCUT2D eigenvalue weighted by Crippen LogP contribution is 2.37. The van der Waals surface area contributed by atoms with Crippen LogP contribution < -0.4 is 4.90 Å². The van der Waals surface area contributed by atoms with Crippen LogP contribution >= 0.6 is 11.3 Å². The van der Waals surface area contributed by atoms with Gasteiger partial charge in [0.2, 0.25) is 0 Å². The Labute approximate surface area is 158 Å². The van der Waals surface area contributed by atoms with Gasteiger partial charge in [-0.2, -0.15) is 0 Å². The molecule has 0 aliphatic heterocycles. The molecule has 1 aromatic heterocycles. The highest BCUT2D eigenvalue weighted by atomic mass is 32.1. The van der Waals surface area contributed by atoms with E-state index in [0.29, 0.717) is 0 Å². The Morgan fingerprint density at radius 1 is 0.654 bits per heavy atom. The van der Waals surface area contributed by atoms with Crippen LogP contribution in [0, 0.1) is 12.3 Å². The molecule has 0 fully saturated rings. The predicted molar refractivity (Wildman–Crippen MR) is 112 cm³/mol. The van der Waals surface area contributed by atoms with Gasteiger partial charge in [0.15, 0.2) is 0 Å². The summed E-state index contributed by atoms with van der Waals surface area (Å²) >= 11 is 1.64. The van der Waals surface area contributed by atoms with Crippen LogP contribution in [0.25, 0.3) is 10.4 Å². The number of para-hydroxylation sites is 2. The van der Waals surface area contributed by atoms with E-state index in [2.05, 4.69) is 89.7 Å². The first-order valence-corrected chi connectivity index (χ1v) is 9.24. The molecule has 124 valence electrons. The van der Waals surface area contributed by atoms with E-state index >= 15 is 0 Å². The molecule has 0 bridgehead atoms. The van der Waals surface area contributed by atoms with Gasteiger partial charge in [-0.1, -0.05) is 54.5 Å². The molecule has 1 heterocycles. The van der Waals surface area contributed by atoms with Crippen LogP contribution in [-0.2, 0) is 0 Å². The SMILES string of the molecule is C#Cc1ccc(-c2cccc(N(c3ccccc3)c3ccccc3)c2)s1. The standard InChI is InChI=1S/C24H17NS/c1-2-23-16-17-24(26-23)19-10-9-15-22(18-19)25(20-11-5-3-6-12-20)21-13-7-4-8-14-21/h1,3-18H. The van der Waals surface area contributed by atoms with Crippen LogP contribution in [0.5, 0.6) is 0 Å². The van der Waals surface area contributed by atoms with Crippen molar-refractivity contribution in [3.05, 3.63) is 102 Å². The molecular formula is C24H17NS. The Kier molecular flexibility index (Phi) is 4.55. The summed E-state index contributed by atoms with van der Waals surface area (Å²) in [5.74, 6) is 2.71. The van der Waals surface area contributed by atoms with Crippen molar-refractivity contribution in [1.82, 2.24) is 0 Å². The van der Waals surface area contributed by atoms with Gasteiger partial charge in [-0.3, -0.25) is 0 Å². The maximum Gasteiger partial charge on any atom is 0.0772 e. The Balaban J connectivity index is 1.82. The third kappa shape index (κ3) is 3.26. The molecule has 0 unspecified atom stereocenters. The average molecular weight is 351 g/mol. The highest BCUT2D eigenvalue weighted by Gasteiger charge is 2.13. The number of thiophene rings is 1. The molecule has 0 saturated heterocycles. The van der Waals surface area contributed by atoms with Gasteiger partial charge in [0.25, 0.3) is 0 Å². The summed E-state index contributed by atoms with van der Waals surface area (Å²) < 4.78 is 0. The minimum Gasteiger partial charge on any atom is -0.310 e. The van der Waals surface area contributed by atoms with Crippen molar-refractivity contribution in [2.75, 3.05) is 4.90 Å². The van der Waals surface area contributed by atoms with Gasteiger partial charge >= 0.3 is 0 Å². The van der Waals surface area contributed by atoms with E-state index in [0.717, 1.165) is 21.9 Å². The summed E-state index contributed by atoms with van der Waals surface area (Å²) in [4.78, 5) is 4.40. The summed E-state index contributed by atoms with van der Waals surface area (Å²) in [6.45, 7) is 0. The van der Waals surface area contributed by atoms with E-state index in [-0.39, 0.29) is 0 Å². The van der Waals surface area contributed by atoms with Gasteiger partial charge in [-0.15, -0.1) is 17.8 Å². The topological polar surface area (TPSA) is 3.24 Å². The molecule has 1 nitrogen and oxygen atoms in total. The van der Waals surface area contributed by atoms with Gasteiger partial charge in [-0.25, -0.2) is 0 Å². The first-order valence-electron chi connectivity index (χ1n) is 8.42. The Bertz CT molecular complexity index is 1000. The first-order chi connectivity index (χ1) is 12.8. The number of hydrogen-bond donors (Lipinski definition) is 0. The van der Waals surface area contributed by atoms with E-state index in [4.69, 9.17) is 6.42 Å². The van der Waals surface area contributed by atoms with Crippen molar-refractivity contribution in [2.24, 2.45) is 0 Å². The lowest BCUT2D eigenvalue weighted by Crippen LogP contribution is -2.09. The second-order valence-corrected chi connectivity index (χ2v) is 6.95. The number of nitrogens with zero attached hydrogens (tertiary/aromatic N) is 1. The molecule has 0 N–H and O–H groups in total. The average Bonchev–Trinajstić information content (AvgIpc) is 3.20. The number of hydrogen-bond acceptors (Lipinski definition) is 2. The van der Waals surface area contributed by atoms with Crippen molar-refractivity contribution in [3.63, 3.8) is 0 Å². The highest BCUT2D eigenvalue weighted by molar-refractivity contribution is 7.16. The lowest BCUT2D eigenvalue weighted by molar-refractivity contribution is 1.28. The summed E-state index contributed by atoms with van der Waals surface area (Å²) in [6, 6.07) is 33.5. The van der Waals surface area contributed by atoms with E-state index in [1.54, 1.807) is 11.3 Å². The molecule has 0 radical (unpaired) electrons. The van der Waals surface area contributed by atoms with Gasteiger partial charge in [0, 0.05) is 21.9 Å². The summed E-state index contributed by atoms with van der Waals surface area (Å²) in [6.07, 6.45) is 5.52. The van der Waals surface area contributed by atoms with Crippen molar-refractivity contribution in [3.8, 4) is 22.8 Å². The quantitative estimate of drug-likeness (QED) is 0.363. The van der Waals surface area contributed by atoms with E-state index in [9.17, 15) is 0 Å². The lowest BCUT2D eigenvalue weighted by Gasteiger charge is -2.25. The number of anilines is 3. The second-order valence-electron chi connectivity index (χ2n) is 5.87. The molecule has 0 amide bonds. The van der Waals surface area contributed by atoms with Crippen molar-refractivity contribution < 1.29 is 0 Å². The molecule has 4 aromatic rings. The van der Waals surface area contributed by atoms with Gasteiger partial charge < -0.3 is 4.90 Å². The molecule has 0 aliphatic rings. The van der Waals surface area contributed by atoms with Crippen LogP contribution in [0.3, 0.4) is 0 Å². The van der Waals surface area contributed by atoms with Crippen LogP contribution in [0.4, 0.5) is 17.1 Å². The van der Waals surface area contributed by atoms with E-state index in [1.165, 1.54) is 10.4 Å². The molecule has 0 spiro atoms. The fourth-order valence-corrected chi connectivity index (χ4v) is 3.78. The molecule has 3 aromatic carbocycles. The van der Waals surface area contributed by atoms with Crippen molar-refractivity contribution in [2.45, 2.75) is 0 Å². The zero-order chi connectivity index (χ0) is 17.8. The van der Waals surface area contributed by atoms with Crippen LogP contribution in [0.15, 0.2) is 97.1 Å². The molecule has 4 rings (SSSR count). The fraction of sp³-hybridized carbons (Fsp3) is 0. The van der Waals surface area contributed by atoms with Gasteiger partial charge in [0.05, 0.1) is 4.88 Å².